The van der Waals surface area contributed by atoms with Crippen LogP contribution in [0.4, 0.5) is 13.6 Å². The molecule has 1 atom stereocenters. The number of carbonyl (C=O) groups is 2. The smallest absolute Gasteiger partial charge is 0.410 e. The van der Waals surface area contributed by atoms with E-state index in [1.54, 1.807) is 6.07 Å². The number of cyclic esters (lactones) is 1. The molecule has 3 aliphatic heterocycles. The fourth-order valence-corrected chi connectivity index (χ4v) is 4.65. The normalized spacial score (nSPS) is 25.6. The molecule has 0 aliphatic carbocycles. The zero-order chi connectivity index (χ0) is 19.7. The van der Waals surface area contributed by atoms with Gasteiger partial charge in [-0.25, -0.2) is 13.6 Å². The molecule has 3 aliphatic rings. The van der Waals surface area contributed by atoms with Gasteiger partial charge < -0.3 is 9.64 Å². The molecule has 0 radical (unpaired) electrons. The van der Waals surface area contributed by atoms with E-state index < -0.39 is 17.7 Å². The van der Waals surface area contributed by atoms with Gasteiger partial charge in [-0.1, -0.05) is 6.07 Å². The summed E-state index contributed by atoms with van der Waals surface area (Å²) in [6.07, 6.45) is 2.58. The minimum atomic E-state index is -0.828. The topological polar surface area (TPSA) is 53.1 Å². The second kappa shape index (κ2) is 7.66. The van der Waals surface area contributed by atoms with Crippen molar-refractivity contribution in [1.82, 2.24) is 14.7 Å². The van der Waals surface area contributed by atoms with Gasteiger partial charge >= 0.3 is 6.09 Å². The number of rotatable bonds is 4. The number of ether oxygens (including phenoxy) is 1. The summed E-state index contributed by atoms with van der Waals surface area (Å²) < 4.78 is 31.5. The van der Waals surface area contributed by atoms with Crippen LogP contribution in [0.25, 0.3) is 0 Å². The second-order valence-corrected chi connectivity index (χ2v) is 8.16. The standard InChI is InChI=1S/C20H25F2N3O3/c21-16-3-2-15(10-17(16)22)11-23-6-1-4-20(13-23)5-7-25(14-20)18(26)12-24-8-9-28-19(24)27/h2-3,10H,1,4-9,11-14H2. The first-order valence-corrected chi connectivity index (χ1v) is 9.80. The maximum Gasteiger partial charge on any atom is 0.410 e. The molecule has 0 N–H and O–H groups in total. The molecule has 3 heterocycles. The molecular formula is C20H25F2N3O3. The van der Waals surface area contributed by atoms with Crippen LogP contribution in [0.5, 0.6) is 0 Å². The number of carbonyl (C=O) groups excluding carboxylic acids is 2. The van der Waals surface area contributed by atoms with Gasteiger partial charge in [0, 0.05) is 31.6 Å². The first-order valence-electron chi connectivity index (χ1n) is 9.80. The Labute approximate surface area is 163 Å². The Kier molecular flexibility index (Phi) is 5.23. The summed E-state index contributed by atoms with van der Waals surface area (Å²) in [6.45, 7) is 4.58. The lowest BCUT2D eigenvalue weighted by molar-refractivity contribution is -0.131. The molecule has 152 valence electrons. The van der Waals surface area contributed by atoms with Crippen LogP contribution in [-0.4, -0.2) is 72.6 Å². The van der Waals surface area contributed by atoms with Crippen molar-refractivity contribution in [3.63, 3.8) is 0 Å². The minimum absolute atomic E-state index is 0.0338. The summed E-state index contributed by atoms with van der Waals surface area (Å²) in [5.41, 5.74) is 0.798. The molecule has 6 nitrogen and oxygen atoms in total. The van der Waals surface area contributed by atoms with Crippen LogP contribution in [0.15, 0.2) is 18.2 Å². The van der Waals surface area contributed by atoms with E-state index in [0.29, 0.717) is 32.8 Å². The Balaban J connectivity index is 1.35. The largest absolute Gasteiger partial charge is 0.448 e. The predicted molar refractivity (Wildman–Crippen MR) is 97.4 cm³/mol. The second-order valence-electron chi connectivity index (χ2n) is 8.16. The molecular weight excluding hydrogens is 368 g/mol. The Morgan fingerprint density at radius 2 is 1.96 bits per heavy atom. The van der Waals surface area contributed by atoms with E-state index >= 15 is 0 Å². The molecule has 0 bridgehead atoms. The Morgan fingerprint density at radius 3 is 2.71 bits per heavy atom. The lowest BCUT2D eigenvalue weighted by Gasteiger charge is -2.40. The Morgan fingerprint density at radius 1 is 1.11 bits per heavy atom. The van der Waals surface area contributed by atoms with Crippen LogP contribution in [0, 0.1) is 17.0 Å². The maximum absolute atomic E-state index is 13.5. The highest BCUT2D eigenvalue weighted by atomic mass is 19.2. The van der Waals surface area contributed by atoms with Crippen LogP contribution in [0.1, 0.15) is 24.8 Å². The average molecular weight is 393 g/mol. The summed E-state index contributed by atoms with van der Waals surface area (Å²) >= 11 is 0. The SMILES string of the molecule is O=C(CN1CCOC1=O)N1CCC2(CCCN(Cc3ccc(F)c(F)c3)C2)C1. The quantitative estimate of drug-likeness (QED) is 0.787. The summed E-state index contributed by atoms with van der Waals surface area (Å²) in [4.78, 5) is 29.7. The molecule has 28 heavy (non-hydrogen) atoms. The fourth-order valence-electron chi connectivity index (χ4n) is 4.65. The summed E-state index contributed by atoms with van der Waals surface area (Å²) in [5.74, 6) is -1.68. The number of amides is 2. The number of hydrogen-bond donors (Lipinski definition) is 0. The van der Waals surface area contributed by atoms with E-state index in [2.05, 4.69) is 4.90 Å². The Bertz CT molecular complexity index is 775. The van der Waals surface area contributed by atoms with Gasteiger partial charge in [0.15, 0.2) is 11.6 Å². The monoisotopic (exact) mass is 393 g/mol. The van der Waals surface area contributed by atoms with Gasteiger partial charge in [0.2, 0.25) is 5.91 Å². The molecule has 1 spiro atoms. The van der Waals surface area contributed by atoms with Gasteiger partial charge in [-0.15, -0.1) is 0 Å². The third-order valence-corrected chi connectivity index (χ3v) is 6.09. The molecule has 8 heteroatoms. The maximum atomic E-state index is 13.5. The highest BCUT2D eigenvalue weighted by Gasteiger charge is 2.43. The predicted octanol–water partition coefficient (Wildman–Crippen LogP) is 2.23. The van der Waals surface area contributed by atoms with Gasteiger partial charge in [0.25, 0.3) is 0 Å². The number of piperidine rings is 1. The van der Waals surface area contributed by atoms with Crippen molar-refractivity contribution in [3.05, 3.63) is 35.4 Å². The first kappa shape index (κ1) is 19.1. The fraction of sp³-hybridized carbons (Fsp3) is 0.600. The van der Waals surface area contributed by atoms with Crippen LogP contribution >= 0.6 is 0 Å². The van der Waals surface area contributed by atoms with Gasteiger partial charge in [-0.3, -0.25) is 14.6 Å². The summed E-state index contributed by atoms with van der Waals surface area (Å²) in [5, 5.41) is 0. The number of nitrogens with zero attached hydrogens (tertiary/aromatic N) is 3. The first-order chi connectivity index (χ1) is 13.4. The number of hydrogen-bond acceptors (Lipinski definition) is 4. The lowest BCUT2D eigenvalue weighted by Crippen LogP contribution is -2.46. The van der Waals surface area contributed by atoms with E-state index in [1.165, 1.54) is 17.0 Å². The zero-order valence-electron chi connectivity index (χ0n) is 15.8. The Hall–Kier alpha value is -2.22. The van der Waals surface area contributed by atoms with Crippen LogP contribution in [0.2, 0.25) is 0 Å². The van der Waals surface area contributed by atoms with E-state index in [-0.39, 0.29) is 17.9 Å². The lowest BCUT2D eigenvalue weighted by atomic mass is 9.79. The molecule has 2 amide bonds. The third-order valence-electron chi connectivity index (χ3n) is 6.09. The van der Waals surface area contributed by atoms with Gasteiger partial charge in [-0.2, -0.15) is 0 Å². The highest BCUT2D eigenvalue weighted by Crippen LogP contribution is 2.39. The molecule has 0 saturated carbocycles. The summed E-state index contributed by atoms with van der Waals surface area (Å²) in [6, 6.07) is 4.05. The molecule has 1 aromatic carbocycles. The van der Waals surface area contributed by atoms with Crippen molar-refractivity contribution in [1.29, 1.82) is 0 Å². The van der Waals surface area contributed by atoms with Crippen molar-refractivity contribution in [3.8, 4) is 0 Å². The van der Waals surface area contributed by atoms with Crippen molar-refractivity contribution >= 4 is 12.0 Å². The molecule has 3 fully saturated rings. The zero-order valence-corrected chi connectivity index (χ0v) is 15.8. The minimum Gasteiger partial charge on any atom is -0.448 e. The van der Waals surface area contributed by atoms with Crippen molar-refractivity contribution in [2.75, 3.05) is 45.9 Å². The summed E-state index contributed by atoms with van der Waals surface area (Å²) in [7, 11) is 0. The highest BCUT2D eigenvalue weighted by molar-refractivity contribution is 5.83. The molecule has 0 aromatic heterocycles. The van der Waals surface area contributed by atoms with E-state index in [0.717, 1.165) is 37.9 Å². The van der Waals surface area contributed by atoms with E-state index in [9.17, 15) is 18.4 Å². The molecule has 1 aromatic rings. The van der Waals surface area contributed by atoms with Gasteiger partial charge in [-0.05, 0) is 43.5 Å². The molecule has 3 saturated heterocycles. The van der Waals surface area contributed by atoms with Crippen molar-refractivity contribution in [2.45, 2.75) is 25.8 Å². The van der Waals surface area contributed by atoms with Crippen LogP contribution in [0.3, 0.4) is 0 Å². The van der Waals surface area contributed by atoms with E-state index in [4.69, 9.17) is 4.74 Å². The van der Waals surface area contributed by atoms with Crippen LogP contribution in [-0.2, 0) is 16.1 Å². The third kappa shape index (κ3) is 3.97. The number of likely N-dealkylation sites (tertiary alicyclic amines) is 2. The molecule has 4 rings (SSSR count). The van der Waals surface area contributed by atoms with Crippen molar-refractivity contribution in [2.24, 2.45) is 5.41 Å². The van der Waals surface area contributed by atoms with Crippen molar-refractivity contribution < 1.29 is 23.1 Å². The molecule has 1 unspecified atom stereocenters. The van der Waals surface area contributed by atoms with E-state index in [1.807, 2.05) is 4.90 Å². The number of benzene rings is 1. The number of halogens is 2. The van der Waals surface area contributed by atoms with Gasteiger partial charge in [0.05, 0.1) is 6.54 Å². The van der Waals surface area contributed by atoms with Crippen LogP contribution < -0.4 is 0 Å². The van der Waals surface area contributed by atoms with Gasteiger partial charge in [0.1, 0.15) is 13.2 Å². The average Bonchev–Trinajstić information content (AvgIpc) is 3.25.